The molecule has 0 spiro atoms. The van der Waals surface area contributed by atoms with Crippen molar-refractivity contribution in [2.45, 2.75) is 19.9 Å². The van der Waals surface area contributed by atoms with Crippen LogP contribution in [0.15, 0.2) is 36.9 Å². The number of nitrogens with zero attached hydrogens (tertiary/aromatic N) is 6. The van der Waals surface area contributed by atoms with Crippen molar-refractivity contribution in [2.24, 2.45) is 0 Å². The Labute approximate surface area is 143 Å². The van der Waals surface area contributed by atoms with Crippen LogP contribution in [0.5, 0.6) is 0 Å². The highest BCUT2D eigenvalue weighted by atomic mass is 16.5. The standard InChI is InChI=1S/C16H17N7O2/c1-11-19-8-13(15(17)20-11)9-23-10-14(21-22-23)4-6-25-16(24)12-3-2-5-18-7-12/h2-3,5,7-8,10H,4,6,9H2,1H3,(H2,17,19,20). The molecule has 9 nitrogen and oxygen atoms in total. The molecule has 0 aromatic carbocycles. The average Bonchev–Trinajstić information content (AvgIpc) is 3.05. The molecule has 0 unspecified atom stereocenters. The number of rotatable bonds is 6. The van der Waals surface area contributed by atoms with Gasteiger partial charge in [0.25, 0.3) is 0 Å². The zero-order chi connectivity index (χ0) is 17.6. The molecule has 0 aliphatic carbocycles. The molecule has 3 rings (SSSR count). The van der Waals surface area contributed by atoms with Gasteiger partial charge in [-0.2, -0.15) is 0 Å². The molecule has 0 bridgehead atoms. The van der Waals surface area contributed by atoms with Crippen molar-refractivity contribution >= 4 is 11.8 Å². The number of hydrogen-bond donors (Lipinski definition) is 1. The van der Waals surface area contributed by atoms with E-state index >= 15 is 0 Å². The number of carbonyl (C=O) groups is 1. The van der Waals surface area contributed by atoms with E-state index in [4.69, 9.17) is 10.5 Å². The summed E-state index contributed by atoms with van der Waals surface area (Å²) in [7, 11) is 0. The molecule has 25 heavy (non-hydrogen) atoms. The van der Waals surface area contributed by atoms with Crippen LogP contribution in [0.4, 0.5) is 5.82 Å². The van der Waals surface area contributed by atoms with Gasteiger partial charge >= 0.3 is 5.97 Å². The van der Waals surface area contributed by atoms with Crippen molar-refractivity contribution in [2.75, 3.05) is 12.3 Å². The van der Waals surface area contributed by atoms with Crippen molar-refractivity contribution in [3.05, 3.63) is 59.6 Å². The second kappa shape index (κ2) is 7.47. The van der Waals surface area contributed by atoms with Crippen LogP contribution in [-0.4, -0.2) is 42.5 Å². The molecular weight excluding hydrogens is 322 g/mol. The van der Waals surface area contributed by atoms with E-state index in [-0.39, 0.29) is 6.61 Å². The Hall–Kier alpha value is -3.36. The number of hydrogen-bond acceptors (Lipinski definition) is 8. The third-order valence-corrected chi connectivity index (χ3v) is 3.43. The molecule has 2 N–H and O–H groups in total. The maximum Gasteiger partial charge on any atom is 0.339 e. The maximum atomic E-state index is 11.8. The first-order valence-electron chi connectivity index (χ1n) is 7.66. The van der Waals surface area contributed by atoms with E-state index in [1.165, 1.54) is 6.20 Å². The zero-order valence-electron chi connectivity index (χ0n) is 13.7. The Kier molecular flexibility index (Phi) is 4.93. The summed E-state index contributed by atoms with van der Waals surface area (Å²) < 4.78 is 6.84. The highest BCUT2D eigenvalue weighted by molar-refractivity contribution is 5.88. The molecular formula is C16H17N7O2. The molecule has 128 valence electrons. The van der Waals surface area contributed by atoms with Crippen LogP contribution in [0.2, 0.25) is 0 Å². The van der Waals surface area contributed by atoms with Gasteiger partial charge in [-0.15, -0.1) is 5.10 Å². The number of esters is 1. The van der Waals surface area contributed by atoms with Crippen molar-refractivity contribution in [3.8, 4) is 0 Å². The monoisotopic (exact) mass is 339 g/mol. The van der Waals surface area contributed by atoms with Crippen LogP contribution in [-0.2, 0) is 17.7 Å². The van der Waals surface area contributed by atoms with Gasteiger partial charge in [-0.25, -0.2) is 19.4 Å². The van der Waals surface area contributed by atoms with Gasteiger partial charge in [-0.1, -0.05) is 5.21 Å². The normalized spacial score (nSPS) is 10.6. The second-order valence-electron chi connectivity index (χ2n) is 5.36. The molecule has 0 saturated carbocycles. The molecule has 3 aromatic heterocycles. The SMILES string of the molecule is Cc1ncc(Cn2cc(CCOC(=O)c3cccnc3)nn2)c(N)n1. The minimum atomic E-state index is -0.412. The topological polar surface area (TPSA) is 122 Å². The summed E-state index contributed by atoms with van der Waals surface area (Å²) in [6.45, 7) is 2.41. The van der Waals surface area contributed by atoms with Crippen LogP contribution >= 0.6 is 0 Å². The third-order valence-electron chi connectivity index (χ3n) is 3.43. The van der Waals surface area contributed by atoms with E-state index < -0.39 is 5.97 Å². The summed E-state index contributed by atoms with van der Waals surface area (Å²) in [5.41, 5.74) is 7.77. The number of anilines is 1. The summed E-state index contributed by atoms with van der Waals surface area (Å²) in [6.07, 6.45) is 6.98. The Bertz CT molecular complexity index is 864. The van der Waals surface area contributed by atoms with Crippen LogP contribution in [0.1, 0.15) is 27.4 Å². The van der Waals surface area contributed by atoms with E-state index in [9.17, 15) is 4.79 Å². The lowest BCUT2D eigenvalue weighted by molar-refractivity contribution is 0.0508. The molecule has 3 aromatic rings. The van der Waals surface area contributed by atoms with E-state index in [1.807, 2.05) is 0 Å². The number of pyridine rings is 1. The summed E-state index contributed by atoms with van der Waals surface area (Å²) in [5, 5.41) is 8.09. The number of nitrogens with two attached hydrogens (primary N) is 1. The van der Waals surface area contributed by atoms with Gasteiger partial charge in [-0.05, 0) is 19.1 Å². The van der Waals surface area contributed by atoms with Crippen LogP contribution in [0.25, 0.3) is 0 Å². The van der Waals surface area contributed by atoms with E-state index in [0.717, 1.165) is 5.56 Å². The highest BCUT2D eigenvalue weighted by Gasteiger charge is 2.09. The molecule has 0 radical (unpaired) electrons. The summed E-state index contributed by atoms with van der Waals surface area (Å²) in [4.78, 5) is 23.9. The molecule has 9 heteroatoms. The van der Waals surface area contributed by atoms with Crippen LogP contribution in [0, 0.1) is 6.92 Å². The molecule has 3 heterocycles. The lowest BCUT2D eigenvalue weighted by Gasteiger charge is -2.04. The number of aromatic nitrogens is 6. The first-order valence-corrected chi connectivity index (χ1v) is 7.66. The smallest absolute Gasteiger partial charge is 0.339 e. The fourth-order valence-electron chi connectivity index (χ4n) is 2.15. The van der Waals surface area contributed by atoms with Crippen molar-refractivity contribution in [3.63, 3.8) is 0 Å². The maximum absolute atomic E-state index is 11.8. The van der Waals surface area contributed by atoms with E-state index in [2.05, 4.69) is 25.3 Å². The molecule has 0 aliphatic rings. The van der Waals surface area contributed by atoms with Gasteiger partial charge in [0.05, 0.1) is 24.4 Å². The average molecular weight is 339 g/mol. The van der Waals surface area contributed by atoms with E-state index in [1.54, 1.807) is 42.3 Å². The van der Waals surface area contributed by atoms with Gasteiger partial charge in [0.1, 0.15) is 11.6 Å². The third kappa shape index (κ3) is 4.34. The van der Waals surface area contributed by atoms with Gasteiger partial charge in [0, 0.05) is 36.8 Å². The number of ether oxygens (including phenoxy) is 1. The Morgan fingerprint density at radius 2 is 2.24 bits per heavy atom. The van der Waals surface area contributed by atoms with E-state index in [0.29, 0.717) is 35.9 Å². The number of aryl methyl sites for hydroxylation is 1. The fourth-order valence-corrected chi connectivity index (χ4v) is 2.15. The lowest BCUT2D eigenvalue weighted by atomic mass is 10.3. The first-order chi connectivity index (χ1) is 12.1. The molecule has 0 amide bonds. The largest absolute Gasteiger partial charge is 0.462 e. The first kappa shape index (κ1) is 16.5. The molecule has 0 saturated heterocycles. The minimum Gasteiger partial charge on any atom is -0.462 e. The van der Waals surface area contributed by atoms with Gasteiger partial charge < -0.3 is 10.5 Å². The highest BCUT2D eigenvalue weighted by Crippen LogP contribution is 2.09. The Morgan fingerprint density at radius 1 is 1.36 bits per heavy atom. The van der Waals surface area contributed by atoms with Crippen LogP contribution in [0.3, 0.4) is 0 Å². The summed E-state index contributed by atoms with van der Waals surface area (Å²) in [5.74, 6) is 0.635. The molecule has 0 aliphatic heterocycles. The van der Waals surface area contributed by atoms with Gasteiger partial charge in [0.15, 0.2) is 0 Å². The molecule has 0 atom stereocenters. The molecule has 0 fully saturated rings. The predicted octanol–water partition coefficient (Wildman–Crippen LogP) is 0.802. The van der Waals surface area contributed by atoms with Gasteiger partial charge in [-0.3, -0.25) is 4.98 Å². The summed E-state index contributed by atoms with van der Waals surface area (Å²) >= 11 is 0. The summed E-state index contributed by atoms with van der Waals surface area (Å²) in [6, 6.07) is 3.34. The number of nitrogen functional groups attached to an aromatic ring is 1. The quantitative estimate of drug-likeness (QED) is 0.654. The lowest BCUT2D eigenvalue weighted by Crippen LogP contribution is -2.08. The predicted molar refractivity (Wildman–Crippen MR) is 88.5 cm³/mol. The second-order valence-corrected chi connectivity index (χ2v) is 5.36. The Balaban J connectivity index is 1.52. The van der Waals surface area contributed by atoms with Gasteiger partial charge in [0.2, 0.25) is 0 Å². The van der Waals surface area contributed by atoms with Crippen molar-refractivity contribution in [1.29, 1.82) is 0 Å². The Morgan fingerprint density at radius 3 is 3.00 bits per heavy atom. The van der Waals surface area contributed by atoms with Crippen molar-refractivity contribution in [1.82, 2.24) is 29.9 Å². The van der Waals surface area contributed by atoms with Crippen molar-refractivity contribution < 1.29 is 9.53 Å². The zero-order valence-corrected chi connectivity index (χ0v) is 13.7. The van der Waals surface area contributed by atoms with Crippen LogP contribution < -0.4 is 5.73 Å². The minimum absolute atomic E-state index is 0.211. The fraction of sp³-hybridized carbons (Fsp3) is 0.250. The number of carbonyl (C=O) groups excluding carboxylic acids is 1.